The Hall–Kier alpha value is -4.07. The maximum Gasteiger partial charge on any atom is 0.407 e. The Morgan fingerprint density at radius 2 is 1.81 bits per heavy atom. The van der Waals surface area contributed by atoms with Crippen LogP contribution in [0.2, 0.25) is 0 Å². The second-order valence-corrected chi connectivity index (χ2v) is 10.8. The van der Waals surface area contributed by atoms with Crippen molar-refractivity contribution in [3.05, 3.63) is 36.2 Å². The lowest BCUT2D eigenvalue weighted by atomic mass is 9.90. The lowest BCUT2D eigenvalue weighted by Gasteiger charge is -2.35. The molecular weight excluding hydrogens is 550 g/mol. The number of nitrogens with zero attached hydrogens (tertiary/aromatic N) is 6. The van der Waals surface area contributed by atoms with Crippen LogP contribution >= 0.6 is 0 Å². The third kappa shape index (κ3) is 5.67. The number of rotatable bonds is 7. The van der Waals surface area contributed by atoms with Gasteiger partial charge < -0.3 is 29.9 Å². The Morgan fingerprint density at radius 3 is 2.55 bits per heavy atom. The molecule has 14 heteroatoms. The van der Waals surface area contributed by atoms with Crippen LogP contribution in [0.25, 0.3) is 16.9 Å². The van der Waals surface area contributed by atoms with Crippen LogP contribution in [-0.4, -0.2) is 94.5 Å². The van der Waals surface area contributed by atoms with Crippen molar-refractivity contribution < 1.29 is 27.8 Å². The average molecular weight is 585 g/mol. The molecule has 2 aliphatic heterocycles. The number of imidazole rings is 1. The maximum absolute atomic E-state index is 14.2. The molecule has 0 unspecified atom stereocenters. The highest BCUT2D eigenvalue weighted by molar-refractivity contribution is 5.87. The van der Waals surface area contributed by atoms with E-state index in [9.17, 15) is 18.4 Å². The van der Waals surface area contributed by atoms with E-state index in [-0.39, 0.29) is 23.8 Å². The molecule has 4 heterocycles. The first-order chi connectivity index (χ1) is 20.4. The van der Waals surface area contributed by atoms with Gasteiger partial charge in [-0.15, -0.1) is 0 Å². The number of aromatic nitrogens is 4. The molecule has 6 rings (SSSR count). The molecule has 2 aromatic heterocycles. The summed E-state index contributed by atoms with van der Waals surface area (Å²) in [7, 11) is 1.28. The molecule has 3 aromatic rings. The monoisotopic (exact) mass is 584 g/mol. The first-order valence-corrected chi connectivity index (χ1v) is 14.3. The highest BCUT2D eigenvalue weighted by atomic mass is 19.3. The summed E-state index contributed by atoms with van der Waals surface area (Å²) in [5, 5.41) is 6.13. The number of nitrogens with one attached hydrogen (secondary N) is 2. The number of amides is 2. The number of anilines is 2. The Bertz CT molecular complexity index is 1440. The molecule has 3 aliphatic rings. The van der Waals surface area contributed by atoms with Gasteiger partial charge in [-0.1, -0.05) is 12.1 Å². The summed E-state index contributed by atoms with van der Waals surface area (Å²) in [5.41, 5.74) is 1.01. The molecule has 2 N–H and O–H groups in total. The van der Waals surface area contributed by atoms with Gasteiger partial charge in [-0.2, -0.15) is 9.97 Å². The van der Waals surface area contributed by atoms with Gasteiger partial charge in [0.25, 0.3) is 6.43 Å². The molecule has 1 aromatic carbocycles. The predicted molar refractivity (Wildman–Crippen MR) is 150 cm³/mol. The fraction of sp³-hybridized carbons (Fsp3) is 0.536. The first-order valence-electron chi connectivity index (χ1n) is 14.3. The van der Waals surface area contributed by atoms with Crippen LogP contribution in [0.1, 0.15) is 44.4 Å². The van der Waals surface area contributed by atoms with Crippen molar-refractivity contribution in [2.45, 2.75) is 56.7 Å². The Morgan fingerprint density at radius 1 is 1.05 bits per heavy atom. The highest BCUT2D eigenvalue weighted by Crippen LogP contribution is 2.31. The van der Waals surface area contributed by atoms with Gasteiger partial charge >= 0.3 is 6.09 Å². The number of alkyl carbamates (subject to hydrolysis) is 1. The fourth-order valence-electron chi connectivity index (χ4n) is 6.09. The van der Waals surface area contributed by atoms with E-state index in [1.165, 1.54) is 11.7 Å². The van der Waals surface area contributed by atoms with Crippen molar-refractivity contribution in [1.82, 2.24) is 29.7 Å². The number of para-hydroxylation sites is 2. The Balaban J connectivity index is 1.22. The topological polar surface area (TPSA) is 127 Å². The van der Waals surface area contributed by atoms with Gasteiger partial charge in [-0.3, -0.25) is 9.36 Å². The summed E-state index contributed by atoms with van der Waals surface area (Å²) >= 11 is 0. The summed E-state index contributed by atoms with van der Waals surface area (Å²) in [6.07, 6.45) is 0.353. The number of hydrogen-bond acceptors (Lipinski definition) is 9. The molecule has 1 saturated carbocycles. The van der Waals surface area contributed by atoms with E-state index in [4.69, 9.17) is 14.7 Å². The van der Waals surface area contributed by atoms with Crippen LogP contribution in [-0.2, 0) is 14.3 Å². The standard InChI is InChI=1S/C28H34F2N8O4/c1-41-28(40)33-20-10-11-37(26(20)39)18-8-6-17(7-9-18)31-22-16-23(35-27(34-22)36-12-14-42-15-13-36)38-21-5-3-2-4-19(21)32-25(38)24(29)30/h2-5,16-18,20,24H,6-15H2,1H3,(H,33,40)(H,31,34,35)/t17-,18-,20-/m1/s1. The van der Waals surface area contributed by atoms with Crippen molar-refractivity contribution in [3.8, 4) is 5.82 Å². The van der Waals surface area contributed by atoms with Crippen molar-refractivity contribution in [2.75, 3.05) is 50.2 Å². The molecule has 0 spiro atoms. The van der Waals surface area contributed by atoms with Crippen LogP contribution in [0.15, 0.2) is 30.3 Å². The van der Waals surface area contributed by atoms with Crippen molar-refractivity contribution in [3.63, 3.8) is 0 Å². The SMILES string of the molecule is COC(=O)N[C@@H]1CCN([C@H]2CC[C@H](Nc3cc(-n4c(C(F)F)nc5ccccc54)nc(N4CCOCC4)n3)CC2)C1=O. The first kappa shape index (κ1) is 28.1. The molecule has 2 amide bonds. The van der Waals surface area contributed by atoms with Crippen molar-refractivity contribution in [1.29, 1.82) is 0 Å². The minimum Gasteiger partial charge on any atom is -0.453 e. The van der Waals surface area contributed by atoms with Gasteiger partial charge in [0, 0.05) is 37.8 Å². The summed E-state index contributed by atoms with van der Waals surface area (Å²) in [6, 6.07) is 8.33. The van der Waals surface area contributed by atoms with Gasteiger partial charge in [-0.05, 0) is 44.2 Å². The number of methoxy groups -OCH3 is 1. The van der Waals surface area contributed by atoms with E-state index in [0.717, 1.165) is 25.7 Å². The lowest BCUT2D eigenvalue weighted by Crippen LogP contribution is -2.46. The number of hydrogen-bond donors (Lipinski definition) is 2. The van der Waals surface area contributed by atoms with E-state index in [1.54, 1.807) is 30.3 Å². The van der Waals surface area contributed by atoms with Gasteiger partial charge in [-0.25, -0.2) is 18.6 Å². The lowest BCUT2D eigenvalue weighted by molar-refractivity contribution is -0.131. The van der Waals surface area contributed by atoms with Crippen LogP contribution in [0, 0.1) is 0 Å². The summed E-state index contributed by atoms with van der Waals surface area (Å²) in [5.74, 6) is 0.858. The van der Waals surface area contributed by atoms with Gasteiger partial charge in [0.05, 0.1) is 31.4 Å². The molecule has 0 bridgehead atoms. The van der Waals surface area contributed by atoms with E-state index in [0.29, 0.717) is 67.9 Å². The number of fused-ring (bicyclic) bond motifs is 1. The molecule has 0 radical (unpaired) electrons. The largest absolute Gasteiger partial charge is 0.453 e. The molecule has 42 heavy (non-hydrogen) atoms. The number of benzene rings is 1. The van der Waals surface area contributed by atoms with Crippen LogP contribution in [0.3, 0.4) is 0 Å². The smallest absolute Gasteiger partial charge is 0.407 e. The van der Waals surface area contributed by atoms with Gasteiger partial charge in [0.2, 0.25) is 11.9 Å². The number of ether oxygens (including phenoxy) is 2. The zero-order valence-electron chi connectivity index (χ0n) is 23.3. The average Bonchev–Trinajstić information content (AvgIpc) is 3.58. The zero-order valence-corrected chi connectivity index (χ0v) is 23.3. The number of morpholine rings is 1. The summed E-state index contributed by atoms with van der Waals surface area (Å²) < 4.78 is 39.8. The molecule has 1 atom stereocenters. The molecule has 1 aliphatic carbocycles. The van der Waals surface area contributed by atoms with E-state index in [1.807, 2.05) is 9.80 Å². The third-order valence-electron chi connectivity index (χ3n) is 8.21. The second-order valence-electron chi connectivity index (χ2n) is 10.8. The van der Waals surface area contributed by atoms with E-state index < -0.39 is 18.6 Å². The number of likely N-dealkylation sites (tertiary alicyclic amines) is 1. The number of halogens is 2. The molecule has 12 nitrogen and oxygen atoms in total. The molecule has 3 fully saturated rings. The number of alkyl halides is 2. The normalized spacial score (nSPS) is 23.0. The van der Waals surface area contributed by atoms with Gasteiger partial charge in [0.1, 0.15) is 17.7 Å². The minimum absolute atomic E-state index is 0.0743. The summed E-state index contributed by atoms with van der Waals surface area (Å²) in [6.45, 7) is 2.84. The second kappa shape index (κ2) is 12.0. The maximum atomic E-state index is 14.2. The van der Waals surface area contributed by atoms with Crippen molar-refractivity contribution >= 4 is 34.8 Å². The molecule has 224 valence electrons. The quantitative estimate of drug-likeness (QED) is 0.430. The minimum atomic E-state index is -2.79. The summed E-state index contributed by atoms with van der Waals surface area (Å²) in [4.78, 5) is 42.0. The third-order valence-corrected chi connectivity index (χ3v) is 8.21. The zero-order chi connectivity index (χ0) is 29.2. The van der Waals surface area contributed by atoms with Crippen LogP contribution in [0.5, 0.6) is 0 Å². The fourth-order valence-corrected chi connectivity index (χ4v) is 6.09. The van der Waals surface area contributed by atoms with Gasteiger partial charge in [0.15, 0.2) is 5.82 Å². The molecular formula is C28H34F2N8O4. The number of carbonyl (C=O) groups excluding carboxylic acids is 2. The highest BCUT2D eigenvalue weighted by Gasteiger charge is 2.38. The Labute approximate surface area is 241 Å². The predicted octanol–water partition coefficient (Wildman–Crippen LogP) is 3.27. The van der Waals surface area contributed by atoms with Crippen LogP contribution < -0.4 is 15.5 Å². The van der Waals surface area contributed by atoms with Crippen molar-refractivity contribution in [2.24, 2.45) is 0 Å². The number of carbonyl (C=O) groups is 2. The van der Waals surface area contributed by atoms with Crippen LogP contribution in [0.4, 0.5) is 25.3 Å². The van der Waals surface area contributed by atoms with E-state index in [2.05, 4.69) is 20.4 Å². The Kier molecular flexibility index (Phi) is 8.05. The van der Waals surface area contributed by atoms with E-state index >= 15 is 0 Å². The molecule has 2 saturated heterocycles.